The van der Waals surface area contributed by atoms with Crippen LogP contribution in [0.5, 0.6) is 0 Å². The highest BCUT2D eigenvalue weighted by atomic mass is 16.6. The van der Waals surface area contributed by atoms with Crippen LogP contribution in [-0.2, 0) is 19.0 Å². The maximum atomic E-state index is 12.5. The second-order valence-corrected chi connectivity index (χ2v) is 6.27. The van der Waals surface area contributed by atoms with Crippen molar-refractivity contribution in [1.82, 2.24) is 10.0 Å². The highest BCUT2D eigenvalue weighted by molar-refractivity contribution is 5.80. The van der Waals surface area contributed by atoms with Gasteiger partial charge in [0, 0.05) is 0 Å². The van der Waals surface area contributed by atoms with Crippen molar-refractivity contribution >= 4 is 18.2 Å². The molecule has 0 spiro atoms. The fourth-order valence-corrected chi connectivity index (χ4v) is 2.74. The summed E-state index contributed by atoms with van der Waals surface area (Å²) in [4.78, 5) is 36.6. The topological polar surface area (TPSA) is 85.4 Å². The average molecular weight is 382 g/mol. The summed E-state index contributed by atoms with van der Waals surface area (Å²) in [7, 11) is 1.20. The van der Waals surface area contributed by atoms with Crippen LogP contribution in [0.4, 0.5) is 9.59 Å². The minimum absolute atomic E-state index is 0.0478. The van der Waals surface area contributed by atoms with Crippen LogP contribution in [0.1, 0.15) is 40.0 Å². The van der Waals surface area contributed by atoms with Crippen molar-refractivity contribution in [2.24, 2.45) is 5.92 Å². The lowest BCUT2D eigenvalue weighted by atomic mass is 9.85. The number of hydrogen-bond donors (Lipinski definition) is 0. The van der Waals surface area contributed by atoms with Gasteiger partial charge in [-0.15, -0.1) is 0 Å². The van der Waals surface area contributed by atoms with E-state index in [1.165, 1.54) is 12.7 Å². The zero-order valence-electron chi connectivity index (χ0n) is 16.7. The van der Waals surface area contributed by atoms with Gasteiger partial charge in [-0.1, -0.05) is 23.8 Å². The van der Waals surface area contributed by atoms with Gasteiger partial charge in [-0.3, -0.25) is 4.79 Å². The maximum absolute atomic E-state index is 12.5. The Morgan fingerprint density at radius 2 is 1.67 bits per heavy atom. The quantitative estimate of drug-likeness (QED) is 0.291. The van der Waals surface area contributed by atoms with E-state index in [0.29, 0.717) is 0 Å². The molecule has 1 aliphatic rings. The van der Waals surface area contributed by atoms with Crippen LogP contribution in [-0.4, -0.2) is 61.6 Å². The summed E-state index contributed by atoms with van der Waals surface area (Å²) in [5.41, 5.74) is 2.12. The Balaban J connectivity index is 3.03. The van der Waals surface area contributed by atoms with Crippen LogP contribution in [0.2, 0.25) is 0 Å². The van der Waals surface area contributed by atoms with Gasteiger partial charge in [-0.2, -0.15) is 0 Å². The lowest BCUT2D eigenvalue weighted by molar-refractivity contribution is -0.145. The Hall–Kier alpha value is -2.51. The number of carbonyl (C=O) groups excluding carboxylic acids is 3. The highest BCUT2D eigenvalue weighted by Gasteiger charge is 2.32. The van der Waals surface area contributed by atoms with E-state index in [4.69, 9.17) is 9.47 Å². The predicted octanol–water partition coefficient (Wildman–Crippen LogP) is 3.29. The molecule has 1 rings (SSSR count). The number of nitrogens with zero attached hydrogens (tertiary/aromatic N) is 2. The molecule has 152 valence electrons. The van der Waals surface area contributed by atoms with Crippen LogP contribution in [0.15, 0.2) is 23.8 Å². The van der Waals surface area contributed by atoms with E-state index in [1.54, 1.807) is 13.8 Å². The van der Waals surface area contributed by atoms with Crippen molar-refractivity contribution in [3.8, 4) is 0 Å². The normalized spacial score (nSPS) is 16.0. The third-order valence-electron chi connectivity index (χ3n) is 4.32. The van der Waals surface area contributed by atoms with Crippen LogP contribution in [0.25, 0.3) is 0 Å². The number of hydrogen-bond acceptors (Lipinski definition) is 6. The van der Waals surface area contributed by atoms with E-state index >= 15 is 0 Å². The van der Waals surface area contributed by atoms with Crippen molar-refractivity contribution in [2.75, 3.05) is 33.4 Å². The van der Waals surface area contributed by atoms with Crippen molar-refractivity contribution < 1.29 is 28.6 Å². The standard InChI is InChI=1S/C19H30N2O6/c1-6-26-18(23)20(12-15(4)16-10-8-14(3)9-11-16)21(13-17(22)25-5)19(24)27-7-2/h8,16H,4,6-7,9-13H2,1-3,5H3/t16-/m1/s1. The molecule has 0 radical (unpaired) electrons. The van der Waals surface area contributed by atoms with Crippen LogP contribution >= 0.6 is 0 Å². The van der Waals surface area contributed by atoms with Gasteiger partial charge < -0.3 is 14.2 Å². The van der Waals surface area contributed by atoms with E-state index in [9.17, 15) is 14.4 Å². The van der Waals surface area contributed by atoms with Crippen molar-refractivity contribution in [2.45, 2.75) is 40.0 Å². The largest absolute Gasteiger partial charge is 0.468 e. The molecule has 0 unspecified atom stereocenters. The predicted molar refractivity (Wildman–Crippen MR) is 99.7 cm³/mol. The Morgan fingerprint density at radius 1 is 1.11 bits per heavy atom. The van der Waals surface area contributed by atoms with E-state index < -0.39 is 24.7 Å². The Bertz CT molecular complexity index is 587. The number of hydrazine groups is 1. The molecule has 0 saturated heterocycles. The number of methoxy groups -OCH3 is 1. The van der Waals surface area contributed by atoms with Gasteiger partial charge in [0.15, 0.2) is 0 Å². The molecule has 0 heterocycles. The van der Waals surface area contributed by atoms with Gasteiger partial charge in [0.25, 0.3) is 0 Å². The molecular formula is C19H30N2O6. The Labute approximate surface area is 160 Å². The molecule has 0 aromatic carbocycles. The SMILES string of the molecule is C=C(CN(C(=O)OCC)N(CC(=O)OC)C(=O)OCC)[C@@H]1CC=C(C)CC1. The zero-order chi connectivity index (χ0) is 20.4. The second-order valence-electron chi connectivity index (χ2n) is 6.27. The smallest absolute Gasteiger partial charge is 0.429 e. The number of allylic oxidation sites excluding steroid dienone is 2. The fourth-order valence-electron chi connectivity index (χ4n) is 2.74. The fraction of sp³-hybridized carbons (Fsp3) is 0.632. The van der Waals surface area contributed by atoms with E-state index in [1.807, 2.05) is 0 Å². The summed E-state index contributed by atoms with van der Waals surface area (Å²) < 4.78 is 14.7. The monoisotopic (exact) mass is 382 g/mol. The second kappa shape index (κ2) is 11.3. The van der Waals surface area contributed by atoms with E-state index in [0.717, 1.165) is 34.9 Å². The summed E-state index contributed by atoms with van der Waals surface area (Å²) in [6.45, 7) is 9.29. The molecule has 27 heavy (non-hydrogen) atoms. The number of esters is 1. The molecule has 0 aromatic rings. The number of ether oxygens (including phenoxy) is 3. The minimum Gasteiger partial charge on any atom is -0.468 e. The van der Waals surface area contributed by atoms with Crippen LogP contribution in [0.3, 0.4) is 0 Å². The van der Waals surface area contributed by atoms with Gasteiger partial charge in [-0.05, 0) is 46.0 Å². The lowest BCUT2D eigenvalue weighted by Gasteiger charge is -2.34. The Kier molecular flexibility index (Phi) is 9.39. The molecule has 0 bridgehead atoms. The first-order chi connectivity index (χ1) is 12.8. The third kappa shape index (κ3) is 6.96. The third-order valence-corrected chi connectivity index (χ3v) is 4.32. The summed E-state index contributed by atoms with van der Waals surface area (Å²) in [6, 6.07) is 0. The van der Waals surface area contributed by atoms with E-state index in [2.05, 4.69) is 24.3 Å². The maximum Gasteiger partial charge on any atom is 0.429 e. The van der Waals surface area contributed by atoms with Gasteiger partial charge in [0.05, 0.1) is 26.9 Å². The van der Waals surface area contributed by atoms with Crippen molar-refractivity contribution in [3.63, 3.8) is 0 Å². The molecule has 1 atom stereocenters. The molecule has 0 aliphatic heterocycles. The minimum atomic E-state index is -0.830. The molecule has 0 N–H and O–H groups in total. The molecule has 0 fully saturated rings. The van der Waals surface area contributed by atoms with Crippen molar-refractivity contribution in [3.05, 3.63) is 23.8 Å². The molecule has 8 heteroatoms. The Morgan fingerprint density at radius 3 is 2.11 bits per heavy atom. The average Bonchev–Trinajstić information content (AvgIpc) is 2.64. The van der Waals surface area contributed by atoms with Crippen molar-refractivity contribution in [1.29, 1.82) is 0 Å². The lowest BCUT2D eigenvalue weighted by Crippen LogP contribution is -2.53. The van der Waals surface area contributed by atoms with Crippen LogP contribution in [0, 0.1) is 5.92 Å². The first-order valence-corrected chi connectivity index (χ1v) is 9.12. The molecule has 8 nitrogen and oxygen atoms in total. The molecule has 0 saturated carbocycles. The van der Waals surface area contributed by atoms with E-state index in [-0.39, 0.29) is 25.7 Å². The number of amides is 2. The summed E-state index contributed by atoms with van der Waals surface area (Å²) >= 11 is 0. The first-order valence-electron chi connectivity index (χ1n) is 9.12. The number of rotatable bonds is 7. The molecule has 2 amide bonds. The molecular weight excluding hydrogens is 352 g/mol. The highest BCUT2D eigenvalue weighted by Crippen LogP contribution is 2.29. The van der Waals surface area contributed by atoms with Gasteiger partial charge >= 0.3 is 18.2 Å². The van der Waals surface area contributed by atoms with Crippen LogP contribution < -0.4 is 0 Å². The number of carbonyl (C=O) groups is 3. The molecule has 0 aromatic heterocycles. The summed E-state index contributed by atoms with van der Waals surface area (Å²) in [6.07, 6.45) is 3.30. The summed E-state index contributed by atoms with van der Waals surface area (Å²) in [5, 5.41) is 1.97. The first kappa shape index (κ1) is 22.5. The van der Waals surface area contributed by atoms with Gasteiger partial charge in [0.1, 0.15) is 6.54 Å². The van der Waals surface area contributed by atoms with Gasteiger partial charge in [0.2, 0.25) is 0 Å². The summed E-state index contributed by atoms with van der Waals surface area (Å²) in [5.74, 6) is -0.494. The molecule has 1 aliphatic carbocycles. The zero-order valence-corrected chi connectivity index (χ0v) is 16.7. The van der Waals surface area contributed by atoms with Gasteiger partial charge in [-0.25, -0.2) is 19.6 Å².